The van der Waals surface area contributed by atoms with E-state index in [-0.39, 0.29) is 0 Å². The minimum absolute atomic E-state index is 0.496. The molecule has 1 aromatic heterocycles. The average Bonchev–Trinajstić information content (AvgIpc) is 2.98. The van der Waals surface area contributed by atoms with Crippen molar-refractivity contribution in [2.45, 2.75) is 26.4 Å². The van der Waals surface area contributed by atoms with E-state index in [1.54, 1.807) is 0 Å². The van der Waals surface area contributed by atoms with Crippen LogP contribution in [0.25, 0.3) is 0 Å². The molecule has 2 rings (SSSR count). The van der Waals surface area contributed by atoms with E-state index >= 15 is 0 Å². The van der Waals surface area contributed by atoms with E-state index < -0.39 is 52.8 Å². The Morgan fingerprint density at radius 2 is 1.88 bits per heavy atom. The number of ketones is 1. The monoisotopic (exact) mass is 338 g/mol. The van der Waals surface area contributed by atoms with Crippen LogP contribution in [0, 0.1) is 10.8 Å². The summed E-state index contributed by atoms with van der Waals surface area (Å²) >= 11 is 0. The van der Waals surface area contributed by atoms with E-state index in [1.165, 1.54) is 6.92 Å². The maximum atomic E-state index is 12.8. The molecule has 3 unspecified atom stereocenters. The minimum Gasteiger partial charge on any atom is -0.481 e. The van der Waals surface area contributed by atoms with Gasteiger partial charge in [0.25, 0.3) is 0 Å². The summed E-state index contributed by atoms with van der Waals surface area (Å²) in [4.78, 5) is 47.5. The summed E-state index contributed by atoms with van der Waals surface area (Å²) in [6.07, 6.45) is -0.480. The molecule has 3 atom stereocenters. The number of hydrogen-bond donors (Lipinski definition) is 3. The number of aliphatic carboxylic acids is 2. The lowest BCUT2D eigenvalue weighted by Crippen LogP contribution is -2.55. The predicted molar refractivity (Wildman–Crippen MR) is 74.0 cm³/mol. The number of nitrogens with zero attached hydrogens (tertiary/aromatic N) is 4. The largest absolute Gasteiger partial charge is 0.481 e. The highest BCUT2D eigenvalue weighted by atomic mass is 16.4. The van der Waals surface area contributed by atoms with E-state index in [1.807, 2.05) is 0 Å². The smallest absolute Gasteiger partial charge is 0.320 e. The van der Waals surface area contributed by atoms with Gasteiger partial charge in [-0.2, -0.15) is 4.68 Å². The van der Waals surface area contributed by atoms with Crippen LogP contribution >= 0.6 is 0 Å². The SMILES string of the molecule is CC(=O)n1nnnc1C(=O)C1(C(=O)O)CC(C)(C(=O)O)C=CC1O. The highest BCUT2D eigenvalue weighted by Crippen LogP contribution is 2.45. The van der Waals surface area contributed by atoms with Gasteiger partial charge in [-0.15, -0.1) is 5.10 Å². The van der Waals surface area contributed by atoms with Crippen molar-refractivity contribution < 1.29 is 34.5 Å². The van der Waals surface area contributed by atoms with Gasteiger partial charge in [-0.3, -0.25) is 19.2 Å². The zero-order chi connectivity index (χ0) is 18.3. The Kier molecular flexibility index (Phi) is 4.06. The molecule has 24 heavy (non-hydrogen) atoms. The number of carbonyl (C=O) groups is 4. The molecule has 1 aliphatic rings. The molecule has 0 radical (unpaired) electrons. The van der Waals surface area contributed by atoms with Crippen LogP contribution in [-0.2, 0) is 9.59 Å². The maximum absolute atomic E-state index is 12.8. The molecule has 11 nitrogen and oxygen atoms in total. The van der Waals surface area contributed by atoms with E-state index in [4.69, 9.17) is 0 Å². The predicted octanol–water partition coefficient (Wildman–Crippen LogP) is -1.00. The van der Waals surface area contributed by atoms with Gasteiger partial charge < -0.3 is 15.3 Å². The molecule has 0 saturated heterocycles. The molecule has 0 spiro atoms. The van der Waals surface area contributed by atoms with Crippen LogP contribution in [0.3, 0.4) is 0 Å². The van der Waals surface area contributed by atoms with Crippen molar-refractivity contribution in [2.24, 2.45) is 10.8 Å². The highest BCUT2D eigenvalue weighted by molar-refractivity contribution is 6.12. The highest BCUT2D eigenvalue weighted by Gasteiger charge is 2.59. The standard InChI is InChI=1S/C13H14N4O7/c1-6(18)17-9(14-15-16-17)8(20)13(11(23)24)5-12(2,10(21)22)4-3-7(13)19/h3-4,7,19H,5H2,1-2H3,(H,21,22)(H,23,24). The molecule has 0 bridgehead atoms. The normalized spacial score (nSPS) is 29.2. The zero-order valence-electron chi connectivity index (χ0n) is 12.7. The number of Topliss-reactive ketones (excluding diaryl/α,β-unsaturated/α-hetero) is 1. The topological polar surface area (TPSA) is 173 Å². The van der Waals surface area contributed by atoms with Gasteiger partial charge in [0.1, 0.15) is 0 Å². The summed E-state index contributed by atoms with van der Waals surface area (Å²) in [5.41, 5.74) is -4.24. The Hall–Kier alpha value is -2.95. The first-order valence-electron chi connectivity index (χ1n) is 6.74. The van der Waals surface area contributed by atoms with Gasteiger partial charge >= 0.3 is 11.9 Å². The summed E-state index contributed by atoms with van der Waals surface area (Å²) in [7, 11) is 0. The number of rotatable bonds is 4. The Balaban J connectivity index is 2.64. The number of carbonyl (C=O) groups excluding carboxylic acids is 2. The van der Waals surface area contributed by atoms with Gasteiger partial charge in [-0.1, -0.05) is 12.2 Å². The van der Waals surface area contributed by atoms with Gasteiger partial charge in [-0.25, -0.2) is 0 Å². The van der Waals surface area contributed by atoms with Crippen LogP contribution in [0.15, 0.2) is 12.2 Å². The van der Waals surface area contributed by atoms with Crippen LogP contribution in [0.1, 0.15) is 35.7 Å². The number of tetrazole rings is 1. The Morgan fingerprint density at radius 3 is 2.38 bits per heavy atom. The molecule has 11 heteroatoms. The second-order valence-corrected chi connectivity index (χ2v) is 5.74. The third-order valence-corrected chi connectivity index (χ3v) is 4.04. The first kappa shape index (κ1) is 17.4. The second kappa shape index (κ2) is 5.60. The number of aliphatic hydroxyl groups excluding tert-OH is 1. The van der Waals surface area contributed by atoms with Crippen molar-refractivity contribution in [2.75, 3.05) is 0 Å². The van der Waals surface area contributed by atoms with Crippen LogP contribution in [0.2, 0.25) is 0 Å². The average molecular weight is 338 g/mol. The van der Waals surface area contributed by atoms with Gasteiger partial charge in [0, 0.05) is 6.92 Å². The summed E-state index contributed by atoms with van der Waals surface area (Å²) in [6.45, 7) is 2.27. The molecule has 0 saturated carbocycles. The summed E-state index contributed by atoms with van der Waals surface area (Å²) in [6, 6.07) is 0. The number of aliphatic hydroxyl groups is 1. The van der Waals surface area contributed by atoms with Crippen LogP contribution < -0.4 is 0 Å². The lowest BCUT2D eigenvalue weighted by molar-refractivity contribution is -0.157. The van der Waals surface area contributed by atoms with Gasteiger partial charge in [0.15, 0.2) is 5.41 Å². The molecule has 3 N–H and O–H groups in total. The number of carboxylic acids is 2. The first-order valence-corrected chi connectivity index (χ1v) is 6.74. The quantitative estimate of drug-likeness (QED) is 0.267. The summed E-state index contributed by atoms with van der Waals surface area (Å²) in [5.74, 6) is -5.79. The first-order chi connectivity index (χ1) is 11.1. The summed E-state index contributed by atoms with van der Waals surface area (Å²) < 4.78 is 0.496. The van der Waals surface area contributed by atoms with Crippen molar-refractivity contribution >= 4 is 23.6 Å². The van der Waals surface area contributed by atoms with E-state index in [2.05, 4.69) is 15.5 Å². The number of hydrogen-bond acceptors (Lipinski definition) is 8. The number of aromatic nitrogens is 4. The molecule has 0 aliphatic heterocycles. The van der Waals surface area contributed by atoms with E-state index in [9.17, 15) is 34.5 Å². The van der Waals surface area contributed by atoms with E-state index in [0.717, 1.165) is 19.1 Å². The van der Waals surface area contributed by atoms with Gasteiger partial charge in [-0.05, 0) is 23.8 Å². The molecule has 1 aromatic rings. The fourth-order valence-corrected chi connectivity index (χ4v) is 2.61. The Bertz CT molecular complexity index is 770. The minimum atomic E-state index is -2.54. The second-order valence-electron chi connectivity index (χ2n) is 5.74. The molecular formula is C13H14N4O7. The Morgan fingerprint density at radius 1 is 1.25 bits per heavy atom. The van der Waals surface area contributed by atoms with E-state index in [0.29, 0.717) is 4.68 Å². The maximum Gasteiger partial charge on any atom is 0.320 e. The van der Waals surface area contributed by atoms with Crippen LogP contribution in [0.5, 0.6) is 0 Å². The number of carboxylic acid groups (broad SMARTS) is 2. The molecular weight excluding hydrogens is 324 g/mol. The van der Waals surface area contributed by atoms with Crippen molar-refractivity contribution in [1.29, 1.82) is 0 Å². The van der Waals surface area contributed by atoms with Gasteiger partial charge in [0.05, 0.1) is 11.5 Å². The van der Waals surface area contributed by atoms with Gasteiger partial charge in [0.2, 0.25) is 17.5 Å². The lowest BCUT2D eigenvalue weighted by atomic mass is 9.62. The fourth-order valence-electron chi connectivity index (χ4n) is 2.61. The Labute approximate surface area is 134 Å². The molecule has 0 aromatic carbocycles. The van der Waals surface area contributed by atoms with Crippen molar-refractivity contribution in [3.05, 3.63) is 18.0 Å². The van der Waals surface area contributed by atoms with Crippen molar-refractivity contribution in [1.82, 2.24) is 20.2 Å². The molecule has 0 fully saturated rings. The zero-order valence-corrected chi connectivity index (χ0v) is 12.7. The van der Waals surface area contributed by atoms with Crippen LogP contribution in [-0.4, -0.2) is 65.3 Å². The molecule has 128 valence electrons. The lowest BCUT2D eigenvalue weighted by Gasteiger charge is -2.39. The fraction of sp³-hybridized carbons (Fsp3) is 0.462. The molecule has 1 aliphatic carbocycles. The third-order valence-electron chi connectivity index (χ3n) is 4.04. The third kappa shape index (κ3) is 2.38. The van der Waals surface area contributed by atoms with Crippen molar-refractivity contribution in [3.63, 3.8) is 0 Å². The molecule has 0 amide bonds. The summed E-state index contributed by atoms with van der Waals surface area (Å²) in [5, 5.41) is 38.9. The van der Waals surface area contributed by atoms with Crippen molar-refractivity contribution in [3.8, 4) is 0 Å². The molecule has 1 heterocycles. The van der Waals surface area contributed by atoms with Crippen LogP contribution in [0.4, 0.5) is 0 Å².